The van der Waals surface area contributed by atoms with Gasteiger partial charge in [0.2, 0.25) is 0 Å². The summed E-state index contributed by atoms with van der Waals surface area (Å²) in [5.41, 5.74) is -1.86. The third kappa shape index (κ3) is 6.87. The summed E-state index contributed by atoms with van der Waals surface area (Å²) in [6.07, 6.45) is -7.64. The van der Waals surface area contributed by atoms with Crippen LogP contribution in [0.4, 0.5) is 36.8 Å². The van der Waals surface area contributed by atoms with Gasteiger partial charge in [-0.25, -0.2) is 4.79 Å². The predicted octanol–water partition coefficient (Wildman–Crippen LogP) is 7.84. The molecule has 0 bridgehead atoms. The molecule has 0 spiro atoms. The van der Waals surface area contributed by atoms with E-state index in [4.69, 9.17) is 14.2 Å². The van der Waals surface area contributed by atoms with Gasteiger partial charge in [-0.1, -0.05) is 19.8 Å². The Labute approximate surface area is 229 Å². The number of methoxy groups -OCH3 is 3. The average Bonchev–Trinajstić information content (AvgIpc) is 2.90. The minimum atomic E-state index is -5.01. The van der Waals surface area contributed by atoms with E-state index in [9.17, 15) is 31.1 Å². The van der Waals surface area contributed by atoms with Gasteiger partial charge < -0.3 is 19.1 Å². The first-order chi connectivity index (χ1) is 18.7. The van der Waals surface area contributed by atoms with Crippen molar-refractivity contribution in [3.05, 3.63) is 52.6 Å². The number of carbonyl (C=O) groups excluding carboxylic acids is 1. The average molecular weight is 577 g/mol. The summed E-state index contributed by atoms with van der Waals surface area (Å²) in [4.78, 5) is 16.4. The molecule has 0 fully saturated rings. The second-order valence-electron chi connectivity index (χ2n) is 9.78. The smallest absolute Gasteiger partial charge is 0.416 e. The minimum Gasteiger partial charge on any atom is -0.493 e. The number of alkyl halides is 6. The van der Waals surface area contributed by atoms with Gasteiger partial charge in [0.25, 0.3) is 0 Å². The molecule has 1 aliphatic rings. The van der Waals surface area contributed by atoms with Crippen LogP contribution in [-0.4, -0.2) is 44.9 Å². The van der Waals surface area contributed by atoms with E-state index in [1.54, 1.807) is 12.1 Å². The number of benzene rings is 2. The summed E-state index contributed by atoms with van der Waals surface area (Å²) >= 11 is 0. The molecule has 2 unspecified atom stereocenters. The van der Waals surface area contributed by atoms with E-state index >= 15 is 0 Å². The van der Waals surface area contributed by atoms with Gasteiger partial charge in [0.1, 0.15) is 0 Å². The molecule has 0 radical (unpaired) electrons. The van der Waals surface area contributed by atoms with Crippen LogP contribution in [0.5, 0.6) is 11.5 Å². The lowest BCUT2D eigenvalue weighted by molar-refractivity contribution is -0.143. The standard InChI is InChI=1S/C28H34F6N2O4/c1-6-7-8-9-35-17(2)10-22(21-14-24(38-3)25(39-4)15-23(21)35)36(26(37)40-5)16-18-11-19(27(29,30)31)13-20(12-18)28(32,33)34/h11-15,17,22H,6-10,16H2,1-5H3. The van der Waals surface area contributed by atoms with E-state index in [1.807, 2.05) is 6.92 Å². The first-order valence-electron chi connectivity index (χ1n) is 12.9. The van der Waals surface area contributed by atoms with Crippen molar-refractivity contribution >= 4 is 11.8 Å². The van der Waals surface area contributed by atoms with Crippen LogP contribution in [-0.2, 0) is 23.6 Å². The fraction of sp³-hybridized carbons (Fsp3) is 0.536. The monoisotopic (exact) mass is 576 g/mol. The number of unbranched alkanes of at least 4 members (excludes halogenated alkanes) is 2. The molecule has 1 aliphatic heterocycles. The van der Waals surface area contributed by atoms with Gasteiger partial charge in [0, 0.05) is 36.4 Å². The first kappa shape index (κ1) is 31.2. The number of hydrogen-bond acceptors (Lipinski definition) is 5. The normalized spacial score (nSPS) is 17.3. The molecule has 2 aromatic rings. The fourth-order valence-electron chi connectivity index (χ4n) is 5.11. The highest BCUT2D eigenvalue weighted by molar-refractivity contribution is 5.71. The van der Waals surface area contributed by atoms with Crippen molar-refractivity contribution in [2.24, 2.45) is 0 Å². The molecule has 2 atom stereocenters. The number of amides is 1. The summed E-state index contributed by atoms with van der Waals surface area (Å²) < 4.78 is 97.1. The Bertz CT molecular complexity index is 1150. The molecule has 0 aliphatic carbocycles. The zero-order chi connectivity index (χ0) is 29.8. The van der Waals surface area contributed by atoms with Crippen LogP contribution in [0.2, 0.25) is 0 Å². The minimum absolute atomic E-state index is 0.0648. The molecule has 2 aromatic carbocycles. The van der Waals surface area contributed by atoms with Gasteiger partial charge in [-0.3, -0.25) is 4.90 Å². The predicted molar refractivity (Wildman–Crippen MR) is 138 cm³/mol. The van der Waals surface area contributed by atoms with Gasteiger partial charge in [0.15, 0.2) is 11.5 Å². The maximum absolute atomic E-state index is 13.5. The highest BCUT2D eigenvalue weighted by atomic mass is 19.4. The Morgan fingerprint density at radius 3 is 2.00 bits per heavy atom. The van der Waals surface area contributed by atoms with Crippen LogP contribution in [0, 0.1) is 0 Å². The number of ether oxygens (including phenoxy) is 3. The molecule has 12 heteroatoms. The van der Waals surface area contributed by atoms with Gasteiger partial charge in [-0.15, -0.1) is 0 Å². The summed E-state index contributed by atoms with van der Waals surface area (Å²) in [5.74, 6) is 0.824. The number of halogens is 6. The number of hydrogen-bond donors (Lipinski definition) is 0. The lowest BCUT2D eigenvalue weighted by Gasteiger charge is -2.44. The number of carbonyl (C=O) groups is 1. The van der Waals surface area contributed by atoms with Crippen LogP contribution in [0.25, 0.3) is 0 Å². The Morgan fingerprint density at radius 2 is 1.50 bits per heavy atom. The Hall–Kier alpha value is -3.31. The maximum atomic E-state index is 13.5. The van der Waals surface area contributed by atoms with E-state index < -0.39 is 42.2 Å². The molecule has 0 N–H and O–H groups in total. The molecular weight excluding hydrogens is 542 g/mol. The number of fused-ring (bicyclic) bond motifs is 1. The zero-order valence-electron chi connectivity index (χ0n) is 23.1. The maximum Gasteiger partial charge on any atom is 0.416 e. The lowest BCUT2D eigenvalue weighted by Crippen LogP contribution is -2.45. The van der Waals surface area contributed by atoms with Crippen molar-refractivity contribution in [3.8, 4) is 11.5 Å². The molecule has 0 saturated heterocycles. The van der Waals surface area contributed by atoms with E-state index in [0.29, 0.717) is 42.2 Å². The second-order valence-corrected chi connectivity index (χ2v) is 9.78. The zero-order valence-corrected chi connectivity index (χ0v) is 23.1. The van der Waals surface area contributed by atoms with Crippen molar-refractivity contribution in [2.75, 3.05) is 32.8 Å². The SMILES string of the molecule is CCCCCN1c2cc(OC)c(OC)cc2C(N(Cc2cc(C(F)(F)F)cc(C(F)(F)F)c2)C(=O)OC)CC1C. The van der Waals surface area contributed by atoms with Crippen LogP contribution in [0.15, 0.2) is 30.3 Å². The second kappa shape index (κ2) is 12.5. The van der Waals surface area contributed by atoms with Crippen LogP contribution >= 0.6 is 0 Å². The Balaban J connectivity index is 2.15. The molecule has 6 nitrogen and oxygen atoms in total. The summed E-state index contributed by atoms with van der Waals surface area (Å²) in [5, 5.41) is 0. The highest BCUT2D eigenvalue weighted by Crippen LogP contribution is 2.46. The number of anilines is 1. The topological polar surface area (TPSA) is 51.2 Å². The van der Waals surface area contributed by atoms with Gasteiger partial charge >= 0.3 is 18.4 Å². The largest absolute Gasteiger partial charge is 0.493 e. The third-order valence-electron chi connectivity index (χ3n) is 7.09. The van der Waals surface area contributed by atoms with E-state index in [0.717, 1.165) is 32.1 Å². The molecule has 1 amide bonds. The van der Waals surface area contributed by atoms with Crippen molar-refractivity contribution in [1.82, 2.24) is 4.90 Å². The van der Waals surface area contributed by atoms with Crippen LogP contribution in [0.1, 0.15) is 67.8 Å². The molecule has 1 heterocycles. The quantitative estimate of drug-likeness (QED) is 0.225. The van der Waals surface area contributed by atoms with Gasteiger partial charge in [-0.05, 0) is 49.6 Å². The summed E-state index contributed by atoms with van der Waals surface area (Å²) in [7, 11) is 4.05. The molecule has 0 aromatic heterocycles. The van der Waals surface area contributed by atoms with Crippen molar-refractivity contribution in [2.45, 2.75) is 70.5 Å². The van der Waals surface area contributed by atoms with E-state index in [-0.39, 0.29) is 17.7 Å². The molecular formula is C28H34F6N2O4. The van der Waals surface area contributed by atoms with E-state index in [1.165, 1.54) is 19.1 Å². The Kier molecular flexibility index (Phi) is 9.73. The molecule has 222 valence electrons. The number of nitrogens with zero attached hydrogens (tertiary/aromatic N) is 2. The van der Waals surface area contributed by atoms with Crippen molar-refractivity contribution in [1.29, 1.82) is 0 Å². The lowest BCUT2D eigenvalue weighted by atomic mass is 9.89. The first-order valence-corrected chi connectivity index (χ1v) is 12.9. The van der Waals surface area contributed by atoms with Crippen LogP contribution in [0.3, 0.4) is 0 Å². The van der Waals surface area contributed by atoms with Gasteiger partial charge in [0.05, 0.1) is 38.5 Å². The Morgan fingerprint density at radius 1 is 0.925 bits per heavy atom. The fourth-order valence-corrected chi connectivity index (χ4v) is 5.11. The number of rotatable bonds is 9. The molecule has 3 rings (SSSR count). The van der Waals surface area contributed by atoms with Gasteiger partial charge in [-0.2, -0.15) is 26.3 Å². The van der Waals surface area contributed by atoms with Crippen LogP contribution < -0.4 is 14.4 Å². The molecule has 0 saturated carbocycles. The summed E-state index contributed by atoms with van der Waals surface area (Å²) in [6.45, 7) is 4.22. The van der Waals surface area contributed by atoms with Crippen molar-refractivity contribution in [3.63, 3.8) is 0 Å². The highest BCUT2D eigenvalue weighted by Gasteiger charge is 2.40. The van der Waals surface area contributed by atoms with Crippen molar-refractivity contribution < 1.29 is 45.3 Å². The van der Waals surface area contributed by atoms with E-state index in [2.05, 4.69) is 11.8 Å². The summed E-state index contributed by atoms with van der Waals surface area (Å²) in [6, 6.07) is 3.95. The third-order valence-corrected chi connectivity index (χ3v) is 7.09. The molecule has 40 heavy (non-hydrogen) atoms.